The van der Waals surface area contributed by atoms with Gasteiger partial charge in [0, 0.05) is 23.2 Å². The van der Waals surface area contributed by atoms with Crippen molar-refractivity contribution in [2.45, 2.75) is 18.7 Å². The van der Waals surface area contributed by atoms with Crippen molar-refractivity contribution in [3.8, 4) is 0 Å². The van der Waals surface area contributed by atoms with Crippen LogP contribution in [0.2, 0.25) is 0 Å². The van der Waals surface area contributed by atoms with Crippen LogP contribution in [0.3, 0.4) is 0 Å². The summed E-state index contributed by atoms with van der Waals surface area (Å²) in [6.07, 6.45) is 3.37. The van der Waals surface area contributed by atoms with Crippen molar-refractivity contribution in [2.24, 2.45) is 4.40 Å². The van der Waals surface area contributed by atoms with Crippen molar-refractivity contribution in [1.29, 1.82) is 0 Å². The molecule has 0 fully saturated rings. The van der Waals surface area contributed by atoms with Gasteiger partial charge in [-0.05, 0) is 48.4 Å². The summed E-state index contributed by atoms with van der Waals surface area (Å²) in [7, 11) is -3.86. The van der Waals surface area contributed by atoms with E-state index in [2.05, 4.69) is 9.38 Å². The van der Waals surface area contributed by atoms with Crippen molar-refractivity contribution in [1.82, 2.24) is 4.98 Å². The van der Waals surface area contributed by atoms with Gasteiger partial charge in [0.05, 0.1) is 10.3 Å². The summed E-state index contributed by atoms with van der Waals surface area (Å²) >= 11 is 0. The Morgan fingerprint density at radius 2 is 1.56 bits per heavy atom. The molecule has 0 saturated heterocycles. The van der Waals surface area contributed by atoms with E-state index < -0.39 is 10.0 Å². The summed E-state index contributed by atoms with van der Waals surface area (Å²) in [6, 6.07) is 18.3. The summed E-state index contributed by atoms with van der Waals surface area (Å²) < 4.78 is 30.3. The molecule has 5 heteroatoms. The molecular weight excluding hydrogens is 356 g/mol. The maximum atomic E-state index is 13.0. The molecule has 0 unspecified atom stereocenters. The molecule has 27 heavy (non-hydrogen) atoms. The number of benzene rings is 2. The number of nitrogens with zero attached hydrogens (tertiary/aromatic N) is 2. The molecule has 0 N–H and O–H groups in total. The minimum absolute atomic E-state index is 0.178. The second-order valence-corrected chi connectivity index (χ2v) is 8.17. The van der Waals surface area contributed by atoms with E-state index in [0.29, 0.717) is 10.7 Å². The number of rotatable bonds is 2. The van der Waals surface area contributed by atoms with Crippen LogP contribution in [-0.2, 0) is 10.0 Å². The van der Waals surface area contributed by atoms with Crippen LogP contribution in [0.4, 0.5) is 0 Å². The standard InChI is InChI=1S/C22H18N2O2S/c1-15-7-9-18(10-8-15)27(25,26)24-22-20-6-4-3-5-19(20)16(2)13-17-11-12-23-14-21(17)22/h3-14H,1-2H3/b24-22+. The molecule has 0 aliphatic rings. The van der Waals surface area contributed by atoms with Gasteiger partial charge in [-0.15, -0.1) is 0 Å². The number of fused-ring (bicyclic) bond motifs is 2. The fourth-order valence-electron chi connectivity index (χ4n) is 3.20. The molecule has 1 aromatic heterocycles. The van der Waals surface area contributed by atoms with Crippen LogP contribution in [-0.4, -0.2) is 13.4 Å². The van der Waals surface area contributed by atoms with Crippen molar-refractivity contribution in [3.63, 3.8) is 0 Å². The largest absolute Gasteiger partial charge is 0.282 e. The maximum absolute atomic E-state index is 13.0. The molecule has 4 aromatic rings. The zero-order chi connectivity index (χ0) is 19.0. The first-order chi connectivity index (χ1) is 13.0. The van der Waals surface area contributed by atoms with Crippen molar-refractivity contribution >= 4 is 31.6 Å². The summed E-state index contributed by atoms with van der Waals surface area (Å²) in [4.78, 5) is 4.38. The van der Waals surface area contributed by atoms with Crippen LogP contribution in [0.1, 0.15) is 11.1 Å². The summed E-state index contributed by atoms with van der Waals surface area (Å²) in [5.41, 5.74) is 2.05. The van der Waals surface area contributed by atoms with Crippen LogP contribution in [0.15, 0.2) is 82.4 Å². The van der Waals surface area contributed by atoms with Gasteiger partial charge in [0.25, 0.3) is 10.0 Å². The van der Waals surface area contributed by atoms with Gasteiger partial charge in [0.15, 0.2) is 0 Å². The van der Waals surface area contributed by atoms with E-state index in [9.17, 15) is 8.42 Å². The van der Waals surface area contributed by atoms with Gasteiger partial charge in [0.2, 0.25) is 0 Å². The summed E-state index contributed by atoms with van der Waals surface area (Å²) in [5, 5.41) is 3.77. The Morgan fingerprint density at radius 1 is 0.852 bits per heavy atom. The molecule has 0 atom stereocenters. The molecular formula is C22H18N2O2S. The number of pyridine rings is 1. The Bertz CT molecular complexity index is 1340. The average Bonchev–Trinajstić information content (AvgIpc) is 2.77. The minimum atomic E-state index is -3.86. The van der Waals surface area contributed by atoms with Gasteiger partial charge < -0.3 is 0 Å². The molecule has 0 aliphatic carbocycles. The van der Waals surface area contributed by atoms with Crippen LogP contribution >= 0.6 is 0 Å². The van der Waals surface area contributed by atoms with Gasteiger partial charge in [0.1, 0.15) is 0 Å². The lowest BCUT2D eigenvalue weighted by Gasteiger charge is -2.01. The van der Waals surface area contributed by atoms with E-state index in [0.717, 1.165) is 27.3 Å². The monoisotopic (exact) mass is 374 g/mol. The second-order valence-electron chi connectivity index (χ2n) is 6.56. The van der Waals surface area contributed by atoms with Gasteiger partial charge in [-0.25, -0.2) is 0 Å². The fraction of sp³-hybridized carbons (Fsp3) is 0.0909. The maximum Gasteiger partial charge on any atom is 0.282 e. The predicted octanol–water partition coefficient (Wildman–Crippen LogP) is 4.29. The van der Waals surface area contributed by atoms with E-state index in [1.54, 1.807) is 36.7 Å². The van der Waals surface area contributed by atoms with Gasteiger partial charge in [-0.3, -0.25) is 4.98 Å². The Labute approximate surface area is 157 Å². The molecule has 0 aliphatic heterocycles. The number of aryl methyl sites for hydroxylation is 2. The van der Waals surface area contributed by atoms with Crippen molar-refractivity contribution in [2.75, 3.05) is 0 Å². The smallest absolute Gasteiger partial charge is 0.264 e. The Balaban J connectivity index is 2.19. The highest BCUT2D eigenvalue weighted by atomic mass is 32.2. The van der Waals surface area contributed by atoms with Crippen LogP contribution in [0.5, 0.6) is 0 Å². The fourth-order valence-corrected chi connectivity index (χ4v) is 4.22. The zero-order valence-corrected chi connectivity index (χ0v) is 15.9. The average molecular weight is 374 g/mol. The number of aromatic nitrogens is 1. The summed E-state index contributed by atoms with van der Waals surface area (Å²) in [5.74, 6) is 0. The first-order valence-electron chi connectivity index (χ1n) is 8.60. The number of hydrogen-bond donors (Lipinski definition) is 0. The molecule has 0 bridgehead atoms. The third-order valence-electron chi connectivity index (χ3n) is 4.62. The molecule has 4 nitrogen and oxygen atoms in total. The molecule has 0 radical (unpaired) electrons. The quantitative estimate of drug-likeness (QED) is 0.526. The van der Waals surface area contributed by atoms with E-state index >= 15 is 0 Å². The third kappa shape index (κ3) is 3.22. The van der Waals surface area contributed by atoms with E-state index in [-0.39, 0.29) is 4.90 Å². The molecule has 134 valence electrons. The van der Waals surface area contributed by atoms with Crippen LogP contribution in [0.25, 0.3) is 21.5 Å². The highest BCUT2D eigenvalue weighted by molar-refractivity contribution is 7.90. The lowest BCUT2D eigenvalue weighted by atomic mass is 10.1. The third-order valence-corrected chi connectivity index (χ3v) is 5.91. The SMILES string of the molecule is Cc1ccc(S(=O)(=O)/N=c2/c3cnccc3cc(C)c3ccccc23)cc1. The topological polar surface area (TPSA) is 59.4 Å². The van der Waals surface area contributed by atoms with Crippen LogP contribution in [0, 0.1) is 13.8 Å². The first kappa shape index (κ1) is 17.4. The Kier molecular flexibility index (Phi) is 4.24. The number of hydrogen-bond acceptors (Lipinski definition) is 3. The van der Waals surface area contributed by atoms with E-state index in [1.807, 2.05) is 50.2 Å². The van der Waals surface area contributed by atoms with Crippen molar-refractivity contribution < 1.29 is 8.42 Å². The molecule has 1 heterocycles. The van der Waals surface area contributed by atoms with E-state index in [1.165, 1.54) is 0 Å². The molecule has 3 aromatic carbocycles. The highest BCUT2D eigenvalue weighted by Gasteiger charge is 2.13. The normalized spacial score (nSPS) is 12.6. The minimum Gasteiger partial charge on any atom is -0.264 e. The van der Waals surface area contributed by atoms with Crippen molar-refractivity contribution in [3.05, 3.63) is 89.5 Å². The zero-order valence-electron chi connectivity index (χ0n) is 15.0. The Morgan fingerprint density at radius 3 is 2.30 bits per heavy atom. The van der Waals surface area contributed by atoms with Gasteiger partial charge in [-0.1, -0.05) is 48.0 Å². The highest BCUT2D eigenvalue weighted by Crippen LogP contribution is 2.20. The lowest BCUT2D eigenvalue weighted by Crippen LogP contribution is -2.09. The molecule has 4 rings (SSSR count). The van der Waals surface area contributed by atoms with Gasteiger partial charge >= 0.3 is 0 Å². The van der Waals surface area contributed by atoms with Crippen LogP contribution < -0.4 is 5.36 Å². The first-order valence-corrected chi connectivity index (χ1v) is 10.0. The second kappa shape index (κ2) is 6.59. The lowest BCUT2D eigenvalue weighted by molar-refractivity contribution is 0.597. The molecule has 0 saturated carbocycles. The summed E-state index contributed by atoms with van der Waals surface area (Å²) in [6.45, 7) is 3.93. The Hall–Kier alpha value is -3.05. The molecule has 0 spiro atoms. The van der Waals surface area contributed by atoms with E-state index in [4.69, 9.17) is 0 Å². The predicted molar refractivity (Wildman–Crippen MR) is 108 cm³/mol. The molecule has 0 amide bonds. The van der Waals surface area contributed by atoms with Gasteiger partial charge in [-0.2, -0.15) is 12.8 Å². The number of sulfonamides is 1.